The van der Waals surface area contributed by atoms with Crippen LogP contribution >= 0.6 is 0 Å². The maximum Gasteiger partial charge on any atom is 0.311 e. The molecule has 0 saturated carbocycles. The quantitative estimate of drug-likeness (QED) is 0.474. The van der Waals surface area contributed by atoms with Gasteiger partial charge in [0.1, 0.15) is 13.2 Å². The number of esters is 1. The Bertz CT molecular complexity index is 202. The number of hydrogen-bond donors (Lipinski definition) is 0. The van der Waals surface area contributed by atoms with Crippen LogP contribution in [0, 0.1) is 0 Å². The highest BCUT2D eigenvalue weighted by Gasteiger charge is 2.13. The van der Waals surface area contributed by atoms with Crippen molar-refractivity contribution < 1.29 is 18.5 Å². The van der Waals surface area contributed by atoms with Gasteiger partial charge in [-0.2, -0.15) is 0 Å². The zero-order chi connectivity index (χ0) is 12.1. The van der Waals surface area contributed by atoms with E-state index >= 15 is 0 Å². The smallest absolute Gasteiger partial charge is 0.311 e. The zero-order valence-corrected chi connectivity index (χ0v) is 11.0. The molecule has 0 aromatic rings. The summed E-state index contributed by atoms with van der Waals surface area (Å²) in [5.41, 5.74) is 0. The molecule has 0 aromatic heterocycles. The normalized spacial score (nSPS) is 12.7. The van der Waals surface area contributed by atoms with Crippen molar-refractivity contribution in [1.29, 1.82) is 0 Å². The Hall–Kier alpha value is -0.610. The fourth-order valence-electron chi connectivity index (χ4n) is 0.932. The van der Waals surface area contributed by atoms with Gasteiger partial charge in [-0.05, 0) is 0 Å². The third-order valence-electron chi connectivity index (χ3n) is 2.01. The monoisotopic (exact) mass is 218 g/mol. The van der Waals surface area contributed by atoms with Gasteiger partial charge in [0.25, 0.3) is 0 Å². The Balaban J connectivity index is 3.60. The Morgan fingerprint density at radius 2 is 1.40 bits per heavy atom. The standard InChI is InChI=1S/C11H26N2O2/c1-12(2,3)8-7-11(14)15-10-9-13(4,5)6/h7-10H2,1-6H3/q+2. The first-order valence-corrected chi connectivity index (χ1v) is 5.37. The predicted octanol–water partition coefficient (Wildman–Crippen LogP) is 0.332. The molecule has 0 amide bonds. The van der Waals surface area contributed by atoms with Crippen LogP contribution in [0.1, 0.15) is 6.42 Å². The molecule has 0 aromatic carbocycles. The second-order valence-electron chi connectivity index (χ2n) is 6.00. The van der Waals surface area contributed by atoms with Crippen LogP contribution in [0.2, 0.25) is 0 Å². The maximum absolute atomic E-state index is 11.3. The summed E-state index contributed by atoms with van der Waals surface area (Å²) in [6, 6.07) is 0. The van der Waals surface area contributed by atoms with Crippen LogP contribution < -0.4 is 0 Å². The van der Waals surface area contributed by atoms with Crippen LogP contribution in [0.4, 0.5) is 0 Å². The molecule has 0 heterocycles. The second kappa shape index (κ2) is 5.47. The van der Waals surface area contributed by atoms with E-state index < -0.39 is 0 Å². The van der Waals surface area contributed by atoms with Crippen LogP contribution in [-0.2, 0) is 9.53 Å². The van der Waals surface area contributed by atoms with Gasteiger partial charge in [0.15, 0.2) is 0 Å². The van der Waals surface area contributed by atoms with E-state index in [9.17, 15) is 4.79 Å². The largest absolute Gasteiger partial charge is 0.460 e. The van der Waals surface area contributed by atoms with E-state index in [4.69, 9.17) is 4.74 Å². The van der Waals surface area contributed by atoms with Gasteiger partial charge in [-0.25, -0.2) is 0 Å². The van der Waals surface area contributed by atoms with E-state index in [2.05, 4.69) is 42.3 Å². The minimum Gasteiger partial charge on any atom is -0.460 e. The topological polar surface area (TPSA) is 26.3 Å². The number of carbonyl (C=O) groups is 1. The lowest BCUT2D eigenvalue weighted by Crippen LogP contribution is -2.39. The van der Waals surface area contributed by atoms with Crippen LogP contribution in [-0.4, -0.2) is 76.9 Å². The van der Waals surface area contributed by atoms with Crippen molar-refractivity contribution in [2.45, 2.75) is 6.42 Å². The Kier molecular flexibility index (Phi) is 5.24. The molecule has 0 spiro atoms. The molecule has 0 bridgehead atoms. The van der Waals surface area contributed by atoms with E-state index in [0.29, 0.717) is 13.0 Å². The second-order valence-corrected chi connectivity index (χ2v) is 6.00. The molecule has 0 fully saturated rings. The molecule has 0 aliphatic carbocycles. The van der Waals surface area contributed by atoms with Crippen molar-refractivity contribution in [3.05, 3.63) is 0 Å². The summed E-state index contributed by atoms with van der Waals surface area (Å²) in [6.07, 6.45) is 0.501. The first-order chi connectivity index (χ1) is 6.60. The van der Waals surface area contributed by atoms with Gasteiger partial charge in [-0.15, -0.1) is 0 Å². The van der Waals surface area contributed by atoms with E-state index in [-0.39, 0.29) is 5.97 Å². The first kappa shape index (κ1) is 14.4. The van der Waals surface area contributed by atoms with E-state index in [1.165, 1.54) is 0 Å². The van der Waals surface area contributed by atoms with Crippen LogP contribution in [0.3, 0.4) is 0 Å². The molecule has 0 saturated heterocycles. The molecule has 0 rings (SSSR count). The Morgan fingerprint density at radius 3 is 1.80 bits per heavy atom. The van der Waals surface area contributed by atoms with Crippen LogP contribution in [0.5, 0.6) is 0 Å². The minimum atomic E-state index is -0.0866. The highest BCUT2D eigenvalue weighted by Crippen LogP contribution is 1.96. The summed E-state index contributed by atoms with van der Waals surface area (Å²) in [5.74, 6) is -0.0866. The average molecular weight is 218 g/mol. The van der Waals surface area contributed by atoms with Crippen molar-refractivity contribution in [3.8, 4) is 0 Å². The third-order valence-corrected chi connectivity index (χ3v) is 2.01. The van der Waals surface area contributed by atoms with Crippen molar-refractivity contribution in [2.24, 2.45) is 0 Å². The zero-order valence-electron chi connectivity index (χ0n) is 11.0. The fourth-order valence-corrected chi connectivity index (χ4v) is 0.932. The summed E-state index contributed by atoms with van der Waals surface area (Å²) < 4.78 is 6.77. The van der Waals surface area contributed by atoms with Gasteiger partial charge in [-0.1, -0.05) is 0 Å². The molecular formula is C11H26N2O2+2. The number of nitrogens with zero attached hydrogens (tertiary/aromatic N) is 2. The average Bonchev–Trinajstić information content (AvgIpc) is 1.97. The van der Waals surface area contributed by atoms with Gasteiger partial charge in [-0.3, -0.25) is 4.79 Å². The molecule has 0 aliphatic rings. The lowest BCUT2D eigenvalue weighted by molar-refractivity contribution is -0.871. The fraction of sp³-hybridized carbons (Fsp3) is 0.909. The van der Waals surface area contributed by atoms with Gasteiger partial charge < -0.3 is 13.7 Å². The number of rotatable bonds is 6. The number of likely N-dealkylation sites (N-methyl/N-ethyl adjacent to an activating group) is 1. The van der Waals surface area contributed by atoms with E-state index in [1.807, 2.05) is 0 Å². The number of carbonyl (C=O) groups excluding carboxylic acids is 1. The minimum absolute atomic E-state index is 0.0866. The lowest BCUT2D eigenvalue weighted by atomic mass is 10.4. The van der Waals surface area contributed by atoms with Crippen molar-refractivity contribution in [1.82, 2.24) is 0 Å². The molecule has 15 heavy (non-hydrogen) atoms. The molecule has 4 heteroatoms. The number of quaternary nitrogens is 2. The van der Waals surface area contributed by atoms with Gasteiger partial charge in [0.2, 0.25) is 0 Å². The van der Waals surface area contributed by atoms with Crippen molar-refractivity contribution in [3.63, 3.8) is 0 Å². The van der Waals surface area contributed by atoms with Crippen molar-refractivity contribution >= 4 is 5.97 Å². The summed E-state index contributed by atoms with van der Waals surface area (Å²) in [7, 11) is 12.5. The van der Waals surface area contributed by atoms with E-state index in [0.717, 1.165) is 22.1 Å². The highest BCUT2D eigenvalue weighted by atomic mass is 16.5. The molecule has 0 unspecified atom stereocenters. The van der Waals surface area contributed by atoms with Crippen LogP contribution in [0.25, 0.3) is 0 Å². The SMILES string of the molecule is C[N+](C)(C)CCOC(=O)CC[N+](C)(C)C. The summed E-state index contributed by atoms with van der Waals surface area (Å²) in [5, 5.41) is 0. The summed E-state index contributed by atoms with van der Waals surface area (Å²) in [6.45, 7) is 2.19. The first-order valence-electron chi connectivity index (χ1n) is 5.37. The predicted molar refractivity (Wildman–Crippen MR) is 61.4 cm³/mol. The highest BCUT2D eigenvalue weighted by molar-refractivity contribution is 5.69. The van der Waals surface area contributed by atoms with E-state index in [1.54, 1.807) is 0 Å². The third kappa shape index (κ3) is 11.3. The van der Waals surface area contributed by atoms with Gasteiger partial charge in [0, 0.05) is 0 Å². The Morgan fingerprint density at radius 1 is 0.933 bits per heavy atom. The lowest BCUT2D eigenvalue weighted by Gasteiger charge is -2.24. The molecule has 0 atom stereocenters. The molecule has 0 N–H and O–H groups in total. The van der Waals surface area contributed by atoms with Crippen LogP contribution in [0.15, 0.2) is 0 Å². The van der Waals surface area contributed by atoms with Gasteiger partial charge in [0.05, 0.1) is 55.3 Å². The van der Waals surface area contributed by atoms with Gasteiger partial charge >= 0.3 is 5.97 Å². The molecular weight excluding hydrogens is 192 g/mol. The Labute approximate surface area is 93.6 Å². The van der Waals surface area contributed by atoms with Crippen molar-refractivity contribution in [2.75, 3.05) is 62.0 Å². The summed E-state index contributed by atoms with van der Waals surface area (Å²) in [4.78, 5) is 11.3. The molecule has 4 nitrogen and oxygen atoms in total. The number of ether oxygens (including phenoxy) is 1. The number of hydrogen-bond acceptors (Lipinski definition) is 2. The molecule has 90 valence electrons. The molecule has 0 aliphatic heterocycles. The maximum atomic E-state index is 11.3. The molecule has 0 radical (unpaired) electrons. The summed E-state index contributed by atoms with van der Waals surface area (Å²) >= 11 is 0.